The van der Waals surface area contributed by atoms with Crippen LogP contribution in [0.15, 0.2) is 12.1 Å². The van der Waals surface area contributed by atoms with E-state index >= 15 is 0 Å². The van der Waals surface area contributed by atoms with E-state index in [9.17, 15) is 0 Å². The van der Waals surface area contributed by atoms with E-state index in [1.807, 2.05) is 12.1 Å². The topological polar surface area (TPSA) is 39.9 Å². The number of methoxy groups -OCH3 is 1. The summed E-state index contributed by atoms with van der Waals surface area (Å²) in [7, 11) is 1.63. The maximum Gasteiger partial charge on any atom is 0.215 e. The highest BCUT2D eigenvalue weighted by Crippen LogP contribution is 2.47. The first-order valence-corrected chi connectivity index (χ1v) is 6.79. The molecule has 2 atom stereocenters. The van der Waals surface area contributed by atoms with Crippen LogP contribution in [0, 0.1) is 5.92 Å². The Kier molecular flexibility index (Phi) is 2.90. The second-order valence-electron chi connectivity index (χ2n) is 4.70. The van der Waals surface area contributed by atoms with Gasteiger partial charge in [-0.1, -0.05) is 13.3 Å². The van der Waals surface area contributed by atoms with Gasteiger partial charge >= 0.3 is 0 Å². The predicted octanol–water partition coefficient (Wildman–Crippen LogP) is 3.15. The third-order valence-electron chi connectivity index (χ3n) is 3.65. The lowest BCUT2D eigenvalue weighted by Gasteiger charge is -2.06. The van der Waals surface area contributed by atoms with Crippen molar-refractivity contribution in [1.82, 2.24) is 14.5 Å². The largest absolute Gasteiger partial charge is 0.481 e. The summed E-state index contributed by atoms with van der Waals surface area (Å²) in [4.78, 5) is 9.06. The van der Waals surface area contributed by atoms with Gasteiger partial charge in [-0.05, 0) is 18.4 Å². The summed E-state index contributed by atoms with van der Waals surface area (Å²) < 4.78 is 7.38. The number of pyridine rings is 1. The van der Waals surface area contributed by atoms with E-state index in [2.05, 4.69) is 21.5 Å². The van der Waals surface area contributed by atoms with Crippen LogP contribution in [0.3, 0.4) is 0 Å². The summed E-state index contributed by atoms with van der Waals surface area (Å²) in [5.41, 5.74) is 1.79. The van der Waals surface area contributed by atoms with Gasteiger partial charge in [0, 0.05) is 12.1 Å². The van der Waals surface area contributed by atoms with E-state index in [0.29, 0.717) is 17.8 Å². The normalized spacial score (nSPS) is 22.4. The van der Waals surface area contributed by atoms with Crippen LogP contribution in [-0.4, -0.2) is 21.6 Å². The third-order valence-corrected chi connectivity index (χ3v) is 3.89. The molecule has 0 bridgehead atoms. The van der Waals surface area contributed by atoms with Crippen LogP contribution >= 0.6 is 11.6 Å². The van der Waals surface area contributed by atoms with Crippen molar-refractivity contribution in [3.63, 3.8) is 0 Å². The molecule has 1 aliphatic carbocycles. The second-order valence-corrected chi connectivity index (χ2v) is 4.97. The third kappa shape index (κ3) is 1.75. The Morgan fingerprint density at radius 2 is 2.28 bits per heavy atom. The van der Waals surface area contributed by atoms with Gasteiger partial charge < -0.3 is 9.30 Å². The Balaban J connectivity index is 2.13. The maximum absolute atomic E-state index is 6.00. The summed E-state index contributed by atoms with van der Waals surface area (Å²) >= 11 is 6.00. The molecule has 2 aromatic rings. The number of hydrogen-bond donors (Lipinski definition) is 0. The molecule has 0 aliphatic heterocycles. The van der Waals surface area contributed by atoms with Gasteiger partial charge in [0.05, 0.1) is 13.0 Å². The van der Waals surface area contributed by atoms with E-state index in [-0.39, 0.29) is 0 Å². The van der Waals surface area contributed by atoms with Gasteiger partial charge in [0.15, 0.2) is 5.65 Å². The van der Waals surface area contributed by atoms with E-state index in [1.54, 1.807) is 7.11 Å². The molecule has 0 radical (unpaired) electrons. The molecular weight excluding hydrogens is 250 g/mol. The summed E-state index contributed by atoms with van der Waals surface area (Å²) in [5.74, 6) is 2.69. The van der Waals surface area contributed by atoms with Crippen molar-refractivity contribution in [3.05, 3.63) is 18.0 Å². The highest BCUT2D eigenvalue weighted by atomic mass is 35.5. The Morgan fingerprint density at radius 1 is 1.44 bits per heavy atom. The van der Waals surface area contributed by atoms with Gasteiger partial charge in [0.2, 0.25) is 5.88 Å². The monoisotopic (exact) mass is 265 g/mol. The lowest BCUT2D eigenvalue weighted by atomic mass is 10.3. The van der Waals surface area contributed by atoms with Crippen molar-refractivity contribution in [2.75, 3.05) is 7.11 Å². The fraction of sp³-hybridized carbons (Fsp3) is 0.538. The molecule has 2 unspecified atom stereocenters. The minimum absolute atomic E-state index is 0.422. The van der Waals surface area contributed by atoms with Gasteiger partial charge in [-0.2, -0.15) is 4.98 Å². The number of nitrogens with zero attached hydrogens (tertiary/aromatic N) is 3. The molecule has 4 nitrogen and oxygen atoms in total. The minimum Gasteiger partial charge on any atom is -0.481 e. The SMILES string of the molecule is CCC1CC1n1c(CCl)nc2ccc(OC)nc21. The number of imidazole rings is 1. The number of hydrogen-bond acceptors (Lipinski definition) is 3. The Bertz CT molecular complexity index is 581. The number of halogens is 1. The van der Waals surface area contributed by atoms with Gasteiger partial charge in [0.1, 0.15) is 11.3 Å². The van der Waals surface area contributed by atoms with Crippen molar-refractivity contribution in [2.45, 2.75) is 31.7 Å². The molecule has 0 saturated heterocycles. The minimum atomic E-state index is 0.422. The molecule has 3 rings (SSSR count). The summed E-state index contributed by atoms with van der Waals surface area (Å²) in [5, 5.41) is 0. The molecule has 0 N–H and O–H groups in total. The summed E-state index contributed by atoms with van der Waals surface area (Å²) in [6.45, 7) is 2.22. The van der Waals surface area contributed by atoms with Crippen LogP contribution < -0.4 is 4.74 Å². The molecule has 2 heterocycles. The van der Waals surface area contributed by atoms with Crippen LogP contribution in [-0.2, 0) is 5.88 Å². The zero-order valence-electron chi connectivity index (χ0n) is 10.6. The van der Waals surface area contributed by atoms with Gasteiger partial charge in [-0.25, -0.2) is 4.98 Å². The number of ether oxygens (including phenoxy) is 1. The first-order chi connectivity index (χ1) is 8.78. The molecule has 1 fully saturated rings. The van der Waals surface area contributed by atoms with Gasteiger partial charge in [-0.3, -0.25) is 0 Å². The van der Waals surface area contributed by atoms with Gasteiger partial charge in [0.25, 0.3) is 0 Å². The number of rotatable bonds is 4. The second kappa shape index (κ2) is 4.43. The van der Waals surface area contributed by atoms with Crippen LogP contribution in [0.25, 0.3) is 11.2 Å². The maximum atomic E-state index is 6.00. The highest BCUT2D eigenvalue weighted by molar-refractivity contribution is 6.16. The Hall–Kier alpha value is -1.29. The predicted molar refractivity (Wildman–Crippen MR) is 71.1 cm³/mol. The quantitative estimate of drug-likeness (QED) is 0.798. The van der Waals surface area contributed by atoms with Crippen LogP contribution in [0.1, 0.15) is 31.6 Å². The van der Waals surface area contributed by atoms with Crippen molar-refractivity contribution in [2.24, 2.45) is 5.92 Å². The van der Waals surface area contributed by atoms with Crippen molar-refractivity contribution < 1.29 is 4.74 Å². The van der Waals surface area contributed by atoms with E-state index in [1.165, 1.54) is 12.8 Å². The number of fused-ring (bicyclic) bond motifs is 1. The zero-order chi connectivity index (χ0) is 12.7. The van der Waals surface area contributed by atoms with Crippen LogP contribution in [0.5, 0.6) is 5.88 Å². The molecule has 0 amide bonds. The molecule has 1 aliphatic rings. The van der Waals surface area contributed by atoms with E-state index in [0.717, 1.165) is 22.9 Å². The number of aromatic nitrogens is 3. The molecule has 5 heteroatoms. The molecule has 18 heavy (non-hydrogen) atoms. The lowest BCUT2D eigenvalue weighted by Crippen LogP contribution is -2.02. The number of alkyl halides is 1. The molecule has 0 aromatic carbocycles. The molecule has 96 valence electrons. The standard InChI is InChI=1S/C13H16ClN3O/c1-3-8-6-10(8)17-11(7-14)15-9-4-5-12(18-2)16-13(9)17/h4-5,8,10H,3,6-7H2,1-2H3. The summed E-state index contributed by atoms with van der Waals surface area (Å²) in [6.07, 6.45) is 2.39. The smallest absolute Gasteiger partial charge is 0.215 e. The van der Waals surface area contributed by atoms with Crippen LogP contribution in [0.4, 0.5) is 0 Å². The van der Waals surface area contributed by atoms with Crippen LogP contribution in [0.2, 0.25) is 0 Å². The lowest BCUT2D eigenvalue weighted by molar-refractivity contribution is 0.399. The molecule has 0 spiro atoms. The zero-order valence-corrected chi connectivity index (χ0v) is 11.3. The van der Waals surface area contributed by atoms with Crippen molar-refractivity contribution in [1.29, 1.82) is 0 Å². The van der Waals surface area contributed by atoms with Crippen molar-refractivity contribution in [3.8, 4) is 5.88 Å². The van der Waals surface area contributed by atoms with Crippen molar-refractivity contribution >= 4 is 22.8 Å². The molecule has 1 saturated carbocycles. The Labute approximate surface area is 111 Å². The fourth-order valence-electron chi connectivity index (χ4n) is 2.55. The van der Waals surface area contributed by atoms with E-state index in [4.69, 9.17) is 16.3 Å². The highest BCUT2D eigenvalue weighted by Gasteiger charge is 2.39. The average molecular weight is 266 g/mol. The fourth-order valence-corrected chi connectivity index (χ4v) is 2.73. The van der Waals surface area contributed by atoms with E-state index < -0.39 is 0 Å². The summed E-state index contributed by atoms with van der Waals surface area (Å²) in [6, 6.07) is 4.28. The molecule has 2 aromatic heterocycles. The first kappa shape index (κ1) is 11.8. The molecular formula is C13H16ClN3O. The average Bonchev–Trinajstić information content (AvgIpc) is 3.10. The first-order valence-electron chi connectivity index (χ1n) is 6.26. The Morgan fingerprint density at radius 3 is 2.89 bits per heavy atom. The van der Waals surface area contributed by atoms with Gasteiger partial charge in [-0.15, -0.1) is 11.6 Å².